The highest BCUT2D eigenvalue weighted by molar-refractivity contribution is 7.99. The maximum atomic E-state index is 12.5. The van der Waals surface area contributed by atoms with E-state index in [1.54, 1.807) is 0 Å². The van der Waals surface area contributed by atoms with Gasteiger partial charge in [-0.25, -0.2) is 9.78 Å². The normalized spacial score (nSPS) is 17.3. The van der Waals surface area contributed by atoms with Gasteiger partial charge in [-0.3, -0.25) is 0 Å². The molecule has 0 radical (unpaired) electrons. The first-order valence-electron chi connectivity index (χ1n) is 16.5. The monoisotopic (exact) mass is 683 g/mol. The summed E-state index contributed by atoms with van der Waals surface area (Å²) in [6.45, 7) is 0.413. The first-order chi connectivity index (χ1) is 24.6. The van der Waals surface area contributed by atoms with E-state index in [0.717, 1.165) is 44.8 Å². The van der Waals surface area contributed by atoms with Crippen molar-refractivity contribution in [3.8, 4) is 22.6 Å². The summed E-state index contributed by atoms with van der Waals surface area (Å²) in [5, 5.41) is 15.9. The van der Waals surface area contributed by atoms with E-state index >= 15 is 0 Å². The van der Waals surface area contributed by atoms with Crippen molar-refractivity contribution in [3.63, 3.8) is 0 Å². The zero-order valence-corrected chi connectivity index (χ0v) is 28.1. The number of rotatable bonds is 11. The van der Waals surface area contributed by atoms with Gasteiger partial charge in [0.2, 0.25) is 0 Å². The Bertz CT molecular complexity index is 1910. The van der Waals surface area contributed by atoms with Crippen LogP contribution >= 0.6 is 11.8 Å². The summed E-state index contributed by atoms with van der Waals surface area (Å²) in [4.78, 5) is 17.5. The number of urea groups is 1. The molecule has 0 spiro atoms. The van der Waals surface area contributed by atoms with Gasteiger partial charge in [0.15, 0.2) is 12.1 Å². The number of benzene rings is 5. The molecule has 1 aromatic heterocycles. The highest BCUT2D eigenvalue weighted by Crippen LogP contribution is 2.41. The van der Waals surface area contributed by atoms with E-state index in [0.29, 0.717) is 29.6 Å². The van der Waals surface area contributed by atoms with Crippen molar-refractivity contribution in [1.82, 2.24) is 10.3 Å². The molecule has 1 fully saturated rings. The fraction of sp³-hybridized carbons (Fsp3) is 0.171. The molecule has 7 rings (SSSR count). The van der Waals surface area contributed by atoms with Crippen LogP contribution in [-0.4, -0.2) is 28.0 Å². The molecule has 8 nitrogen and oxygen atoms in total. The molecule has 3 atom stereocenters. The number of oxazole rings is 1. The van der Waals surface area contributed by atoms with Gasteiger partial charge in [0.05, 0.1) is 18.8 Å². The number of nitrogens with one attached hydrogen (secondary N) is 2. The number of hydrogen-bond acceptors (Lipinski definition) is 7. The molecular formula is C41H37N3O5S. The van der Waals surface area contributed by atoms with Gasteiger partial charge in [0.25, 0.3) is 5.22 Å². The maximum absolute atomic E-state index is 12.5. The van der Waals surface area contributed by atoms with Crippen LogP contribution in [0.2, 0.25) is 0 Å². The molecule has 6 aromatic rings. The van der Waals surface area contributed by atoms with Gasteiger partial charge in [-0.1, -0.05) is 139 Å². The molecule has 9 heteroatoms. The molecular weight excluding hydrogens is 647 g/mol. The van der Waals surface area contributed by atoms with E-state index in [9.17, 15) is 9.90 Å². The molecule has 0 aliphatic carbocycles. The van der Waals surface area contributed by atoms with E-state index in [2.05, 4.69) is 10.6 Å². The number of carbonyl (C=O) groups is 1. The second-order valence-corrected chi connectivity index (χ2v) is 12.9. The highest BCUT2D eigenvalue weighted by Gasteiger charge is 2.33. The number of anilines is 1. The predicted octanol–water partition coefficient (Wildman–Crippen LogP) is 9.16. The standard InChI is InChI=1S/C41H37N3O5S/c45-26-29-16-18-30(19-17-29)36-24-35(27-50-41-44-37(31-12-6-2-7-13-31)38(49-41)32-14-8-3-9-15-32)47-39(48-36)33-20-22-34(23-21-33)43-40(46)42-25-28-10-4-1-5-11-28/h1-23,35-36,39,45H,24-27H2,(H2,42,43,46)/t35-,36+,39+/m0/s1. The number of hydrogen-bond donors (Lipinski definition) is 3. The first kappa shape index (κ1) is 33.3. The van der Waals surface area contributed by atoms with Crippen LogP contribution in [0.25, 0.3) is 22.6 Å². The summed E-state index contributed by atoms with van der Waals surface area (Å²) in [5.41, 5.74) is 7.11. The third-order valence-corrected chi connectivity index (χ3v) is 9.40. The Morgan fingerprint density at radius 3 is 2.06 bits per heavy atom. The molecule has 1 saturated heterocycles. The van der Waals surface area contributed by atoms with Crippen molar-refractivity contribution < 1.29 is 23.8 Å². The lowest BCUT2D eigenvalue weighted by molar-refractivity contribution is -0.245. The fourth-order valence-corrected chi connectivity index (χ4v) is 6.64. The van der Waals surface area contributed by atoms with Crippen molar-refractivity contribution in [2.24, 2.45) is 0 Å². The van der Waals surface area contributed by atoms with Gasteiger partial charge in [0.1, 0.15) is 5.69 Å². The molecule has 2 amide bonds. The van der Waals surface area contributed by atoms with Crippen LogP contribution in [0.3, 0.4) is 0 Å². The van der Waals surface area contributed by atoms with E-state index in [1.165, 1.54) is 11.8 Å². The number of thioether (sulfide) groups is 1. The third-order valence-electron chi connectivity index (χ3n) is 8.44. The number of carbonyl (C=O) groups excluding carboxylic acids is 1. The van der Waals surface area contributed by atoms with Gasteiger partial charge < -0.3 is 29.6 Å². The van der Waals surface area contributed by atoms with Gasteiger partial charge in [-0.05, 0) is 28.8 Å². The second-order valence-electron chi connectivity index (χ2n) is 12.0. The smallest absolute Gasteiger partial charge is 0.319 e. The van der Waals surface area contributed by atoms with Crippen LogP contribution in [0, 0.1) is 0 Å². The Balaban J connectivity index is 1.07. The van der Waals surface area contributed by atoms with Crippen LogP contribution in [0.4, 0.5) is 10.5 Å². The lowest BCUT2D eigenvalue weighted by Crippen LogP contribution is -2.31. The summed E-state index contributed by atoms with van der Waals surface area (Å²) in [7, 11) is 0. The highest BCUT2D eigenvalue weighted by atomic mass is 32.2. The number of aliphatic hydroxyl groups excluding tert-OH is 1. The molecule has 5 aromatic carbocycles. The van der Waals surface area contributed by atoms with E-state index in [-0.39, 0.29) is 24.8 Å². The SMILES string of the molecule is O=C(NCc1ccccc1)Nc1ccc([C@@H]2O[C@H](CSc3nc(-c4ccccc4)c(-c4ccccc4)o3)C[C@H](c3ccc(CO)cc3)O2)cc1. The van der Waals surface area contributed by atoms with Crippen LogP contribution in [0.5, 0.6) is 0 Å². The molecule has 0 saturated carbocycles. The quantitative estimate of drug-likeness (QED) is 0.117. The lowest BCUT2D eigenvalue weighted by atomic mass is 10.0. The zero-order chi connectivity index (χ0) is 34.1. The van der Waals surface area contributed by atoms with Crippen molar-refractivity contribution in [2.45, 2.75) is 43.3 Å². The zero-order valence-electron chi connectivity index (χ0n) is 27.3. The number of aliphatic hydroxyl groups is 1. The average Bonchev–Trinajstić information content (AvgIpc) is 3.62. The molecule has 50 heavy (non-hydrogen) atoms. The number of nitrogens with zero attached hydrogens (tertiary/aromatic N) is 1. The summed E-state index contributed by atoms with van der Waals surface area (Å²) < 4.78 is 19.5. The summed E-state index contributed by atoms with van der Waals surface area (Å²) in [6, 6.07) is 44.9. The Hall–Kier alpha value is -5.19. The van der Waals surface area contributed by atoms with Crippen LogP contribution < -0.4 is 10.6 Å². The van der Waals surface area contributed by atoms with Crippen molar-refractivity contribution in [3.05, 3.63) is 162 Å². The number of amides is 2. The minimum Gasteiger partial charge on any atom is -0.431 e. The summed E-state index contributed by atoms with van der Waals surface area (Å²) in [6.07, 6.45) is -0.434. The molecule has 0 unspecified atom stereocenters. The molecule has 0 bridgehead atoms. The van der Waals surface area contributed by atoms with E-state index < -0.39 is 6.29 Å². The Morgan fingerprint density at radius 1 is 0.740 bits per heavy atom. The Morgan fingerprint density at radius 2 is 1.38 bits per heavy atom. The molecule has 252 valence electrons. The third kappa shape index (κ3) is 8.33. The van der Waals surface area contributed by atoms with Crippen molar-refractivity contribution >= 4 is 23.5 Å². The predicted molar refractivity (Wildman–Crippen MR) is 195 cm³/mol. The van der Waals surface area contributed by atoms with E-state index in [4.69, 9.17) is 18.9 Å². The molecule has 1 aliphatic rings. The summed E-state index contributed by atoms with van der Waals surface area (Å²) >= 11 is 1.52. The number of aromatic nitrogens is 1. The van der Waals surface area contributed by atoms with Gasteiger partial charge in [-0.15, -0.1) is 0 Å². The van der Waals surface area contributed by atoms with Crippen molar-refractivity contribution in [2.75, 3.05) is 11.1 Å². The fourth-order valence-electron chi connectivity index (χ4n) is 5.80. The first-order valence-corrected chi connectivity index (χ1v) is 17.5. The largest absolute Gasteiger partial charge is 0.431 e. The van der Waals surface area contributed by atoms with Crippen molar-refractivity contribution in [1.29, 1.82) is 0 Å². The van der Waals surface area contributed by atoms with Gasteiger partial charge in [0, 0.05) is 41.1 Å². The molecule has 2 heterocycles. The second kappa shape index (κ2) is 16.0. The Labute approximate surface area is 295 Å². The molecule has 3 N–H and O–H groups in total. The Kier molecular flexibility index (Phi) is 10.7. The summed E-state index contributed by atoms with van der Waals surface area (Å²) in [5.74, 6) is 1.32. The minimum absolute atomic E-state index is 0.0203. The van der Waals surface area contributed by atoms with Gasteiger partial charge >= 0.3 is 6.03 Å². The minimum atomic E-state index is -0.637. The van der Waals surface area contributed by atoms with Crippen LogP contribution in [0.1, 0.15) is 41.1 Å². The molecule has 1 aliphatic heterocycles. The van der Waals surface area contributed by atoms with Crippen LogP contribution in [0.15, 0.2) is 149 Å². The maximum Gasteiger partial charge on any atom is 0.319 e. The number of ether oxygens (including phenoxy) is 2. The van der Waals surface area contributed by atoms with Gasteiger partial charge in [-0.2, -0.15) is 0 Å². The van der Waals surface area contributed by atoms with E-state index in [1.807, 2.05) is 140 Å². The topological polar surface area (TPSA) is 106 Å². The lowest BCUT2D eigenvalue weighted by Gasteiger charge is -2.36. The van der Waals surface area contributed by atoms with Crippen LogP contribution in [-0.2, 0) is 22.6 Å². The average molecular weight is 684 g/mol.